The Hall–Kier alpha value is -0.370. The van der Waals surface area contributed by atoms with Crippen LogP contribution in [0.15, 0.2) is 0 Å². The SMILES string of the molecule is O=CC1CC[NH+]2CCCC12. The smallest absolute Gasteiger partial charge is 0.129 e. The van der Waals surface area contributed by atoms with Crippen LogP contribution in [0.1, 0.15) is 19.3 Å². The van der Waals surface area contributed by atoms with Crippen LogP contribution in [0.5, 0.6) is 0 Å². The fourth-order valence-corrected chi connectivity index (χ4v) is 2.48. The topological polar surface area (TPSA) is 21.5 Å². The lowest BCUT2D eigenvalue weighted by molar-refractivity contribution is -0.900. The first kappa shape index (κ1) is 6.35. The van der Waals surface area contributed by atoms with E-state index < -0.39 is 0 Å². The van der Waals surface area contributed by atoms with Gasteiger partial charge in [-0.3, -0.25) is 0 Å². The van der Waals surface area contributed by atoms with Crippen molar-refractivity contribution >= 4 is 6.29 Å². The number of rotatable bonds is 1. The number of aldehydes is 1. The van der Waals surface area contributed by atoms with E-state index in [0.717, 1.165) is 6.42 Å². The Labute approximate surface area is 61.2 Å². The van der Waals surface area contributed by atoms with Gasteiger partial charge >= 0.3 is 0 Å². The lowest BCUT2D eigenvalue weighted by Crippen LogP contribution is -3.11. The summed E-state index contributed by atoms with van der Waals surface area (Å²) in [6, 6.07) is 0.706. The highest BCUT2D eigenvalue weighted by atomic mass is 16.1. The molecule has 2 fully saturated rings. The molecule has 10 heavy (non-hydrogen) atoms. The second-order valence-corrected chi connectivity index (χ2v) is 3.50. The molecule has 2 saturated heterocycles. The molecule has 0 aromatic rings. The third-order valence-electron chi connectivity index (χ3n) is 3.03. The molecule has 56 valence electrons. The van der Waals surface area contributed by atoms with E-state index in [4.69, 9.17) is 0 Å². The first-order valence-electron chi connectivity index (χ1n) is 4.21. The van der Waals surface area contributed by atoms with E-state index in [2.05, 4.69) is 0 Å². The fourth-order valence-electron chi connectivity index (χ4n) is 2.48. The molecule has 2 nitrogen and oxygen atoms in total. The molecule has 3 unspecified atom stereocenters. The van der Waals surface area contributed by atoms with E-state index in [1.54, 1.807) is 4.90 Å². The zero-order valence-electron chi connectivity index (χ0n) is 6.18. The zero-order chi connectivity index (χ0) is 6.97. The lowest BCUT2D eigenvalue weighted by Gasteiger charge is -2.12. The Bertz CT molecular complexity index is 146. The number of carbonyl (C=O) groups excluding carboxylic acids is 1. The van der Waals surface area contributed by atoms with Crippen LogP contribution >= 0.6 is 0 Å². The molecule has 2 heteroatoms. The van der Waals surface area contributed by atoms with Crippen LogP contribution in [0.25, 0.3) is 0 Å². The van der Waals surface area contributed by atoms with Crippen LogP contribution in [0.2, 0.25) is 0 Å². The van der Waals surface area contributed by atoms with Gasteiger partial charge in [0.15, 0.2) is 0 Å². The van der Waals surface area contributed by atoms with Crippen molar-refractivity contribution < 1.29 is 9.69 Å². The molecule has 0 bridgehead atoms. The summed E-state index contributed by atoms with van der Waals surface area (Å²) in [6.07, 6.45) is 4.94. The summed E-state index contributed by atoms with van der Waals surface area (Å²) in [4.78, 5) is 12.2. The second-order valence-electron chi connectivity index (χ2n) is 3.50. The van der Waals surface area contributed by atoms with Gasteiger partial charge in [-0.2, -0.15) is 0 Å². The second kappa shape index (κ2) is 2.35. The number of fused-ring (bicyclic) bond motifs is 1. The van der Waals surface area contributed by atoms with Crippen molar-refractivity contribution in [3.63, 3.8) is 0 Å². The predicted molar refractivity (Wildman–Crippen MR) is 37.9 cm³/mol. The van der Waals surface area contributed by atoms with Crippen LogP contribution in [-0.2, 0) is 4.79 Å². The molecule has 0 aliphatic carbocycles. The summed E-state index contributed by atoms with van der Waals surface area (Å²) in [7, 11) is 0. The van der Waals surface area contributed by atoms with Crippen molar-refractivity contribution in [1.29, 1.82) is 0 Å². The summed E-state index contributed by atoms with van der Waals surface area (Å²) in [5.41, 5.74) is 0. The van der Waals surface area contributed by atoms with E-state index in [-0.39, 0.29) is 0 Å². The average Bonchev–Trinajstić information content (AvgIpc) is 2.44. The number of carbonyl (C=O) groups is 1. The van der Waals surface area contributed by atoms with E-state index >= 15 is 0 Å². The zero-order valence-corrected chi connectivity index (χ0v) is 6.18. The summed E-state index contributed by atoms with van der Waals surface area (Å²) < 4.78 is 0. The van der Waals surface area contributed by atoms with E-state index in [0.29, 0.717) is 12.0 Å². The quantitative estimate of drug-likeness (QED) is 0.476. The van der Waals surface area contributed by atoms with Gasteiger partial charge in [-0.1, -0.05) is 0 Å². The van der Waals surface area contributed by atoms with E-state index in [1.807, 2.05) is 0 Å². The number of hydrogen-bond acceptors (Lipinski definition) is 1. The Kier molecular flexibility index (Phi) is 1.49. The maximum absolute atomic E-state index is 10.5. The van der Waals surface area contributed by atoms with Crippen LogP contribution in [-0.4, -0.2) is 25.4 Å². The fraction of sp³-hybridized carbons (Fsp3) is 0.875. The highest BCUT2D eigenvalue weighted by molar-refractivity contribution is 5.54. The van der Waals surface area contributed by atoms with Crippen LogP contribution < -0.4 is 4.90 Å². The first-order chi connectivity index (χ1) is 4.92. The Morgan fingerprint density at radius 1 is 1.30 bits per heavy atom. The molecule has 2 heterocycles. The maximum Gasteiger partial charge on any atom is 0.129 e. The normalized spacial score (nSPS) is 45.4. The van der Waals surface area contributed by atoms with Crippen molar-refractivity contribution in [2.45, 2.75) is 25.3 Å². The third kappa shape index (κ3) is 0.788. The molecule has 0 radical (unpaired) electrons. The third-order valence-corrected chi connectivity index (χ3v) is 3.03. The molecule has 0 saturated carbocycles. The molecule has 2 rings (SSSR count). The Balaban J connectivity index is 2.07. The van der Waals surface area contributed by atoms with Crippen molar-refractivity contribution in [1.82, 2.24) is 0 Å². The van der Waals surface area contributed by atoms with E-state index in [9.17, 15) is 4.79 Å². The lowest BCUT2D eigenvalue weighted by atomic mass is 10.0. The molecule has 0 aromatic carbocycles. The highest BCUT2D eigenvalue weighted by Crippen LogP contribution is 2.16. The highest BCUT2D eigenvalue weighted by Gasteiger charge is 2.40. The summed E-state index contributed by atoms with van der Waals surface area (Å²) in [5.74, 6) is 0.400. The molecule has 0 amide bonds. The van der Waals surface area contributed by atoms with Crippen LogP contribution in [0.3, 0.4) is 0 Å². The van der Waals surface area contributed by atoms with Gasteiger partial charge in [0.25, 0.3) is 0 Å². The molecular formula is C8H14NO+. The van der Waals surface area contributed by atoms with Crippen LogP contribution in [0, 0.1) is 5.92 Å². The predicted octanol–water partition coefficient (Wildman–Crippen LogP) is -0.747. The number of hydrogen-bond donors (Lipinski definition) is 1. The minimum atomic E-state index is 0.400. The number of quaternary nitrogens is 1. The monoisotopic (exact) mass is 140 g/mol. The van der Waals surface area contributed by atoms with Gasteiger partial charge in [-0.15, -0.1) is 0 Å². The first-order valence-corrected chi connectivity index (χ1v) is 4.21. The summed E-state index contributed by atoms with van der Waals surface area (Å²) >= 11 is 0. The molecule has 0 spiro atoms. The largest absolute Gasteiger partial charge is 0.332 e. The summed E-state index contributed by atoms with van der Waals surface area (Å²) in [6.45, 7) is 2.56. The van der Waals surface area contributed by atoms with Gasteiger partial charge in [0.1, 0.15) is 6.29 Å². The summed E-state index contributed by atoms with van der Waals surface area (Å²) in [5, 5.41) is 0. The Morgan fingerprint density at radius 3 is 3.00 bits per heavy atom. The van der Waals surface area contributed by atoms with Gasteiger partial charge in [-0.25, -0.2) is 0 Å². The average molecular weight is 140 g/mol. The standard InChI is InChI=1S/C8H13NO/c10-6-7-3-5-9-4-1-2-8(7)9/h6-8H,1-5H2/p+1. The Morgan fingerprint density at radius 2 is 2.20 bits per heavy atom. The van der Waals surface area contributed by atoms with Gasteiger partial charge in [0, 0.05) is 19.3 Å². The van der Waals surface area contributed by atoms with Crippen LogP contribution in [0.4, 0.5) is 0 Å². The van der Waals surface area contributed by atoms with Crippen molar-refractivity contribution in [2.24, 2.45) is 5.92 Å². The molecular weight excluding hydrogens is 126 g/mol. The van der Waals surface area contributed by atoms with Crippen molar-refractivity contribution in [3.05, 3.63) is 0 Å². The molecule has 2 aliphatic rings. The number of nitrogens with one attached hydrogen (secondary N) is 1. The molecule has 3 atom stereocenters. The molecule has 0 aromatic heterocycles. The van der Waals surface area contributed by atoms with Gasteiger partial charge < -0.3 is 9.69 Å². The van der Waals surface area contributed by atoms with Crippen molar-refractivity contribution in [3.8, 4) is 0 Å². The van der Waals surface area contributed by atoms with Gasteiger partial charge in [-0.05, 0) is 0 Å². The van der Waals surface area contributed by atoms with E-state index in [1.165, 1.54) is 32.2 Å². The maximum atomic E-state index is 10.5. The van der Waals surface area contributed by atoms with Gasteiger partial charge in [0.2, 0.25) is 0 Å². The van der Waals surface area contributed by atoms with Crippen molar-refractivity contribution in [2.75, 3.05) is 13.1 Å². The molecule has 2 aliphatic heterocycles. The minimum absolute atomic E-state index is 0.400. The minimum Gasteiger partial charge on any atom is -0.332 e. The molecule has 1 N–H and O–H groups in total. The van der Waals surface area contributed by atoms with Gasteiger partial charge in [0.05, 0.1) is 25.0 Å².